The van der Waals surface area contributed by atoms with Gasteiger partial charge in [0.15, 0.2) is 0 Å². The standard InChI is InChI=1S/C24H16ClF13N2O2/c1-10(39-19(41)9-21(27,28)29)40-20(42)15-3-2-11(6-17(15)24(36,37)38)18(26)8-16(23(33,34)35)12-4-13(22(30,31)32)7-14(25)5-12/h2-8,10,16H,9H2,1H3,(H,39,41)(H,40,42)/b18-8-/t10-,16?/m1/s1. The fourth-order valence-corrected chi connectivity index (χ4v) is 3.73. The van der Waals surface area contributed by atoms with Gasteiger partial charge >= 0.3 is 24.7 Å². The highest BCUT2D eigenvalue weighted by Crippen LogP contribution is 2.42. The van der Waals surface area contributed by atoms with Crippen molar-refractivity contribution in [2.75, 3.05) is 0 Å². The van der Waals surface area contributed by atoms with Crippen LogP contribution in [0.15, 0.2) is 42.5 Å². The van der Waals surface area contributed by atoms with Crippen LogP contribution in [0.3, 0.4) is 0 Å². The molecule has 0 spiro atoms. The number of benzene rings is 2. The van der Waals surface area contributed by atoms with Crippen molar-refractivity contribution in [1.82, 2.24) is 10.6 Å². The van der Waals surface area contributed by atoms with Crippen LogP contribution in [0.5, 0.6) is 0 Å². The van der Waals surface area contributed by atoms with Gasteiger partial charge in [-0.05, 0) is 48.9 Å². The quantitative estimate of drug-likeness (QED) is 0.236. The maximum atomic E-state index is 14.9. The minimum absolute atomic E-state index is 0.0387. The van der Waals surface area contributed by atoms with E-state index in [9.17, 15) is 66.7 Å². The molecule has 0 aliphatic heterocycles. The molecule has 2 rings (SSSR count). The number of hydrogen-bond acceptors (Lipinski definition) is 2. The summed E-state index contributed by atoms with van der Waals surface area (Å²) in [6.45, 7) is 0.910. The summed E-state index contributed by atoms with van der Waals surface area (Å²) in [5.41, 5.74) is -7.07. The Morgan fingerprint density at radius 1 is 0.857 bits per heavy atom. The molecule has 4 nitrogen and oxygen atoms in total. The molecule has 0 saturated carbocycles. The molecular weight excluding hydrogens is 631 g/mol. The van der Waals surface area contributed by atoms with Crippen molar-refractivity contribution in [3.8, 4) is 0 Å². The number of allylic oxidation sites excluding steroid dienone is 1. The molecule has 0 fully saturated rings. The van der Waals surface area contributed by atoms with Gasteiger partial charge < -0.3 is 10.6 Å². The van der Waals surface area contributed by atoms with Crippen LogP contribution in [0.4, 0.5) is 57.1 Å². The number of halogens is 14. The summed E-state index contributed by atoms with van der Waals surface area (Å²) < 4.78 is 173. The third kappa shape index (κ3) is 9.80. The second-order valence-corrected chi connectivity index (χ2v) is 9.05. The molecule has 2 aromatic rings. The van der Waals surface area contributed by atoms with Gasteiger partial charge in [0.05, 0.1) is 22.9 Å². The molecule has 18 heteroatoms. The highest BCUT2D eigenvalue weighted by molar-refractivity contribution is 6.30. The van der Waals surface area contributed by atoms with Gasteiger partial charge in [-0.1, -0.05) is 17.7 Å². The third-order valence-corrected chi connectivity index (χ3v) is 5.42. The minimum Gasteiger partial charge on any atom is -0.336 e. The minimum atomic E-state index is -5.44. The van der Waals surface area contributed by atoms with Crippen molar-refractivity contribution in [3.63, 3.8) is 0 Å². The summed E-state index contributed by atoms with van der Waals surface area (Å²) in [5, 5.41) is 2.65. The van der Waals surface area contributed by atoms with Crippen molar-refractivity contribution >= 4 is 29.2 Å². The molecule has 0 radical (unpaired) electrons. The number of nitrogens with one attached hydrogen (secondary N) is 2. The average Bonchev–Trinajstić information content (AvgIpc) is 2.78. The molecule has 2 aromatic carbocycles. The fourth-order valence-electron chi connectivity index (χ4n) is 3.49. The second-order valence-electron chi connectivity index (χ2n) is 8.62. The van der Waals surface area contributed by atoms with Crippen LogP contribution in [-0.2, 0) is 17.1 Å². The van der Waals surface area contributed by atoms with Gasteiger partial charge in [0.2, 0.25) is 5.91 Å². The molecule has 0 heterocycles. The first-order chi connectivity index (χ1) is 18.9. The number of carbonyl (C=O) groups is 2. The first-order valence-electron chi connectivity index (χ1n) is 11.1. The lowest BCUT2D eigenvalue weighted by Gasteiger charge is -2.20. The van der Waals surface area contributed by atoms with Crippen LogP contribution >= 0.6 is 11.6 Å². The van der Waals surface area contributed by atoms with Gasteiger partial charge in [0.1, 0.15) is 18.2 Å². The Hall–Kier alpha value is -3.50. The zero-order valence-electron chi connectivity index (χ0n) is 20.5. The summed E-state index contributed by atoms with van der Waals surface area (Å²) in [7, 11) is 0. The summed E-state index contributed by atoms with van der Waals surface area (Å²) in [6.07, 6.45) is -24.8. The van der Waals surface area contributed by atoms with E-state index in [1.807, 2.05) is 0 Å². The molecular formula is C24H16ClF13N2O2. The van der Waals surface area contributed by atoms with E-state index in [2.05, 4.69) is 0 Å². The summed E-state index contributed by atoms with van der Waals surface area (Å²) in [5.74, 6) is -8.30. The van der Waals surface area contributed by atoms with E-state index >= 15 is 0 Å². The van der Waals surface area contributed by atoms with Crippen LogP contribution in [0.1, 0.15) is 51.9 Å². The molecule has 42 heavy (non-hydrogen) atoms. The van der Waals surface area contributed by atoms with Gasteiger partial charge in [-0.15, -0.1) is 0 Å². The Kier molecular flexibility index (Phi) is 10.2. The lowest BCUT2D eigenvalue weighted by Crippen LogP contribution is -2.47. The molecule has 2 amide bonds. The number of amides is 2. The predicted molar refractivity (Wildman–Crippen MR) is 122 cm³/mol. The molecule has 1 unspecified atom stereocenters. The maximum absolute atomic E-state index is 14.9. The van der Waals surface area contributed by atoms with Gasteiger partial charge in [-0.3, -0.25) is 9.59 Å². The van der Waals surface area contributed by atoms with Gasteiger partial charge in [-0.2, -0.15) is 52.7 Å². The third-order valence-electron chi connectivity index (χ3n) is 5.20. The Morgan fingerprint density at radius 3 is 1.95 bits per heavy atom. The van der Waals surface area contributed by atoms with E-state index in [0.717, 1.165) is 6.92 Å². The summed E-state index contributed by atoms with van der Waals surface area (Å²) >= 11 is 5.50. The van der Waals surface area contributed by atoms with Crippen LogP contribution in [0.25, 0.3) is 5.83 Å². The number of carbonyl (C=O) groups excluding carboxylic acids is 2. The lowest BCUT2D eigenvalue weighted by atomic mass is 9.94. The topological polar surface area (TPSA) is 58.2 Å². The van der Waals surface area contributed by atoms with E-state index in [4.69, 9.17) is 11.6 Å². The highest BCUT2D eigenvalue weighted by Gasteiger charge is 2.42. The maximum Gasteiger partial charge on any atom is 0.417 e. The van der Waals surface area contributed by atoms with E-state index in [0.29, 0.717) is 24.3 Å². The van der Waals surface area contributed by atoms with Crippen LogP contribution < -0.4 is 10.6 Å². The van der Waals surface area contributed by atoms with Gasteiger partial charge in [0.25, 0.3) is 5.91 Å². The first-order valence-corrected chi connectivity index (χ1v) is 11.5. The number of rotatable bonds is 7. The average molecular weight is 647 g/mol. The predicted octanol–water partition coefficient (Wildman–Crippen LogP) is 8.18. The van der Waals surface area contributed by atoms with E-state index in [1.165, 1.54) is 0 Å². The molecule has 2 N–H and O–H groups in total. The van der Waals surface area contributed by atoms with Crippen molar-refractivity contribution in [2.45, 2.75) is 50.1 Å². The van der Waals surface area contributed by atoms with Crippen molar-refractivity contribution < 1.29 is 66.7 Å². The number of hydrogen-bond donors (Lipinski definition) is 2. The molecule has 0 aromatic heterocycles. The zero-order valence-corrected chi connectivity index (χ0v) is 21.3. The number of alkyl halides is 12. The van der Waals surface area contributed by atoms with E-state index < -0.39 is 93.7 Å². The molecule has 0 bridgehead atoms. The molecule has 232 valence electrons. The Labute approximate surface area is 232 Å². The highest BCUT2D eigenvalue weighted by atomic mass is 35.5. The normalized spacial score (nSPS) is 14.8. The fraction of sp³-hybridized carbons (Fsp3) is 0.333. The summed E-state index contributed by atoms with van der Waals surface area (Å²) in [6, 6.07) is 1.55. The Morgan fingerprint density at radius 2 is 1.45 bits per heavy atom. The largest absolute Gasteiger partial charge is 0.417 e. The first kappa shape index (κ1) is 34.7. The van der Waals surface area contributed by atoms with Crippen molar-refractivity contribution in [2.24, 2.45) is 0 Å². The van der Waals surface area contributed by atoms with Crippen LogP contribution in [0.2, 0.25) is 5.02 Å². The molecule has 0 saturated heterocycles. The second kappa shape index (κ2) is 12.4. The van der Waals surface area contributed by atoms with Gasteiger partial charge in [-0.25, -0.2) is 4.39 Å². The van der Waals surface area contributed by atoms with E-state index in [-0.39, 0.29) is 18.2 Å². The van der Waals surface area contributed by atoms with Crippen LogP contribution in [0, 0.1) is 0 Å². The van der Waals surface area contributed by atoms with Gasteiger partial charge in [0, 0.05) is 10.6 Å². The van der Waals surface area contributed by atoms with E-state index in [1.54, 1.807) is 10.6 Å². The zero-order chi connectivity index (χ0) is 32.4. The summed E-state index contributed by atoms with van der Waals surface area (Å²) in [4.78, 5) is 23.7. The Bertz CT molecular complexity index is 1350. The lowest BCUT2D eigenvalue weighted by molar-refractivity contribution is -0.154. The monoisotopic (exact) mass is 646 g/mol. The molecule has 0 aliphatic carbocycles. The molecule has 0 aliphatic rings. The smallest absolute Gasteiger partial charge is 0.336 e. The SMILES string of the molecule is C[C@H](NC(=O)CC(F)(F)F)NC(=O)c1ccc(/C(F)=C/C(c2cc(Cl)cc(C(F)(F)F)c2)C(F)(F)F)cc1C(F)(F)F. The molecule has 2 atom stereocenters. The Balaban J connectivity index is 2.48. The van der Waals surface area contributed by atoms with Crippen molar-refractivity contribution in [3.05, 3.63) is 75.3 Å². The van der Waals surface area contributed by atoms with Crippen molar-refractivity contribution in [1.29, 1.82) is 0 Å². The van der Waals surface area contributed by atoms with Crippen LogP contribution in [-0.4, -0.2) is 30.3 Å².